The topological polar surface area (TPSA) is 102 Å². The van der Waals surface area contributed by atoms with E-state index in [1.165, 1.54) is 0 Å². The summed E-state index contributed by atoms with van der Waals surface area (Å²) in [5.41, 5.74) is 6.22. The number of anilines is 6. The summed E-state index contributed by atoms with van der Waals surface area (Å²) in [6.07, 6.45) is 0. The lowest BCUT2D eigenvalue weighted by Crippen LogP contribution is -2.09. The Kier molecular flexibility index (Phi) is 10.6. The van der Waals surface area contributed by atoms with Gasteiger partial charge in [-0.3, -0.25) is 0 Å². The van der Waals surface area contributed by atoms with Crippen molar-refractivity contribution in [3.63, 3.8) is 0 Å². The normalized spacial score (nSPS) is 9.69. The maximum absolute atomic E-state index is 10.0. The van der Waals surface area contributed by atoms with Gasteiger partial charge in [0.2, 0.25) is 0 Å². The van der Waals surface area contributed by atoms with Crippen LogP contribution < -0.4 is 9.80 Å². The molecular formula is C46H28N6. The smallest absolute Gasteiger partial charge is 0.145 e. The SMILES string of the molecule is N#CC(C#N)=C(C#Cc1ccc(N(c2ccccc2)c2ccccc2)cc1)C(=C(C#N)C#N)c1ccc(N(c2ccccc2)c2ccccc2)cc1. The number of nitriles is 4. The molecule has 0 heterocycles. The summed E-state index contributed by atoms with van der Waals surface area (Å²) in [4.78, 5) is 4.20. The first-order chi connectivity index (χ1) is 25.6. The van der Waals surface area contributed by atoms with Crippen LogP contribution in [0.15, 0.2) is 187 Å². The molecule has 0 atom stereocenters. The molecule has 0 aromatic heterocycles. The highest BCUT2D eigenvalue weighted by Crippen LogP contribution is 2.37. The monoisotopic (exact) mass is 664 g/mol. The summed E-state index contributed by atoms with van der Waals surface area (Å²) in [5.74, 6) is 6.06. The van der Waals surface area contributed by atoms with Crippen LogP contribution in [0, 0.1) is 57.2 Å². The van der Waals surface area contributed by atoms with Crippen molar-refractivity contribution in [3.05, 3.63) is 198 Å². The molecule has 0 fully saturated rings. The Morgan fingerprint density at radius 1 is 0.365 bits per heavy atom. The van der Waals surface area contributed by atoms with Crippen molar-refractivity contribution in [2.75, 3.05) is 9.80 Å². The Balaban J connectivity index is 1.40. The number of para-hydroxylation sites is 4. The predicted octanol–water partition coefficient (Wildman–Crippen LogP) is 10.8. The van der Waals surface area contributed by atoms with Crippen molar-refractivity contribution >= 4 is 39.7 Å². The van der Waals surface area contributed by atoms with Crippen molar-refractivity contribution in [1.82, 2.24) is 0 Å². The fourth-order valence-corrected chi connectivity index (χ4v) is 5.75. The molecule has 6 nitrogen and oxygen atoms in total. The fraction of sp³-hybridized carbons (Fsp3) is 0. The van der Waals surface area contributed by atoms with E-state index in [9.17, 15) is 21.0 Å². The molecule has 0 unspecified atom stereocenters. The highest BCUT2D eigenvalue weighted by atomic mass is 15.1. The zero-order chi connectivity index (χ0) is 36.1. The molecule has 0 saturated carbocycles. The van der Waals surface area contributed by atoms with Gasteiger partial charge in [-0.1, -0.05) is 96.8 Å². The van der Waals surface area contributed by atoms with Gasteiger partial charge in [-0.05, 0) is 90.5 Å². The molecule has 0 aliphatic carbocycles. The minimum atomic E-state index is -0.305. The van der Waals surface area contributed by atoms with Gasteiger partial charge in [0.25, 0.3) is 0 Å². The zero-order valence-corrected chi connectivity index (χ0v) is 27.8. The van der Waals surface area contributed by atoms with Gasteiger partial charge in [0.1, 0.15) is 35.4 Å². The molecule has 0 N–H and O–H groups in total. The molecule has 0 spiro atoms. The van der Waals surface area contributed by atoms with E-state index in [1.807, 2.05) is 182 Å². The molecule has 0 radical (unpaired) electrons. The average molecular weight is 665 g/mol. The van der Waals surface area contributed by atoms with Crippen LogP contribution in [0.25, 0.3) is 5.57 Å². The molecule has 0 bridgehead atoms. The number of benzene rings is 6. The number of rotatable bonds is 8. The van der Waals surface area contributed by atoms with Gasteiger partial charge in [0, 0.05) is 45.3 Å². The first kappa shape index (κ1) is 33.8. The van der Waals surface area contributed by atoms with Crippen LogP contribution in [0.4, 0.5) is 34.1 Å². The fourth-order valence-electron chi connectivity index (χ4n) is 5.75. The molecule has 242 valence electrons. The first-order valence-corrected chi connectivity index (χ1v) is 16.3. The number of hydrogen-bond acceptors (Lipinski definition) is 6. The number of nitrogens with zero attached hydrogens (tertiary/aromatic N) is 6. The van der Waals surface area contributed by atoms with Gasteiger partial charge < -0.3 is 9.80 Å². The predicted molar refractivity (Wildman–Crippen MR) is 206 cm³/mol. The van der Waals surface area contributed by atoms with Crippen molar-refractivity contribution < 1.29 is 0 Å². The second-order valence-electron chi connectivity index (χ2n) is 11.3. The van der Waals surface area contributed by atoms with E-state index in [-0.39, 0.29) is 22.3 Å². The molecule has 6 heteroatoms. The quantitative estimate of drug-likeness (QED) is 0.0911. The maximum Gasteiger partial charge on any atom is 0.145 e. The van der Waals surface area contributed by atoms with Crippen LogP contribution in [-0.2, 0) is 0 Å². The number of allylic oxidation sites excluding steroid dienone is 4. The van der Waals surface area contributed by atoms with E-state index < -0.39 is 0 Å². The summed E-state index contributed by atoms with van der Waals surface area (Å²) < 4.78 is 0. The third-order valence-corrected chi connectivity index (χ3v) is 8.13. The van der Waals surface area contributed by atoms with Gasteiger partial charge >= 0.3 is 0 Å². The summed E-state index contributed by atoms with van der Waals surface area (Å²) in [6, 6.07) is 62.4. The van der Waals surface area contributed by atoms with Crippen LogP contribution in [0.5, 0.6) is 0 Å². The minimum absolute atomic E-state index is 0.00176. The van der Waals surface area contributed by atoms with Crippen LogP contribution >= 0.6 is 0 Å². The van der Waals surface area contributed by atoms with E-state index in [0.29, 0.717) is 11.1 Å². The van der Waals surface area contributed by atoms with Gasteiger partial charge in [-0.15, -0.1) is 0 Å². The van der Waals surface area contributed by atoms with Crippen molar-refractivity contribution in [1.29, 1.82) is 21.0 Å². The largest absolute Gasteiger partial charge is 0.311 e. The molecule has 0 aliphatic rings. The molecule has 0 saturated heterocycles. The third kappa shape index (κ3) is 7.47. The molecule has 0 amide bonds. The molecule has 52 heavy (non-hydrogen) atoms. The minimum Gasteiger partial charge on any atom is -0.311 e. The third-order valence-electron chi connectivity index (χ3n) is 8.13. The maximum atomic E-state index is 10.0. The van der Waals surface area contributed by atoms with Crippen molar-refractivity contribution in [2.45, 2.75) is 0 Å². The molecule has 6 rings (SSSR count). The lowest BCUT2D eigenvalue weighted by Gasteiger charge is -2.25. The second-order valence-corrected chi connectivity index (χ2v) is 11.3. The summed E-state index contributed by atoms with van der Waals surface area (Å²) >= 11 is 0. The van der Waals surface area contributed by atoms with E-state index in [0.717, 1.165) is 34.1 Å². The van der Waals surface area contributed by atoms with Crippen LogP contribution in [0.3, 0.4) is 0 Å². The summed E-state index contributed by atoms with van der Waals surface area (Å²) in [7, 11) is 0. The molecule has 0 aliphatic heterocycles. The van der Waals surface area contributed by atoms with Gasteiger partial charge in [0.05, 0.1) is 5.57 Å². The molecule has 6 aromatic rings. The first-order valence-electron chi connectivity index (χ1n) is 16.3. The van der Waals surface area contributed by atoms with Crippen LogP contribution in [0.1, 0.15) is 11.1 Å². The lowest BCUT2D eigenvalue weighted by atomic mass is 9.90. The van der Waals surface area contributed by atoms with E-state index in [1.54, 1.807) is 12.1 Å². The second kappa shape index (κ2) is 16.3. The Labute approximate surface area is 303 Å². The van der Waals surface area contributed by atoms with Gasteiger partial charge in [-0.25, -0.2) is 0 Å². The van der Waals surface area contributed by atoms with E-state index >= 15 is 0 Å². The molecular weight excluding hydrogens is 637 g/mol. The highest BCUT2D eigenvalue weighted by molar-refractivity contribution is 5.93. The average Bonchev–Trinajstić information content (AvgIpc) is 3.21. The Hall–Kier alpha value is -8.08. The zero-order valence-electron chi connectivity index (χ0n) is 27.8. The van der Waals surface area contributed by atoms with Crippen LogP contribution in [-0.4, -0.2) is 0 Å². The highest BCUT2D eigenvalue weighted by Gasteiger charge is 2.20. The van der Waals surface area contributed by atoms with Crippen LogP contribution in [0.2, 0.25) is 0 Å². The lowest BCUT2D eigenvalue weighted by molar-refractivity contribution is 1.28. The number of hydrogen-bond donors (Lipinski definition) is 0. The van der Waals surface area contributed by atoms with E-state index in [2.05, 4.69) is 21.6 Å². The molecule has 6 aromatic carbocycles. The standard InChI is InChI=1S/C46H28N6/c47-31-37(32-48)45(30-23-35-21-26-43(27-22-35)51(39-13-5-1-6-14-39)40-15-7-2-8-16-40)46(38(33-49)34-50)36-24-28-44(29-25-36)52(41-17-9-3-10-18-41)42-19-11-4-12-20-42/h1-22,24-29H. The Morgan fingerprint density at radius 2 is 0.692 bits per heavy atom. The van der Waals surface area contributed by atoms with Crippen molar-refractivity contribution in [2.24, 2.45) is 0 Å². The van der Waals surface area contributed by atoms with Gasteiger partial charge in [0.15, 0.2) is 0 Å². The van der Waals surface area contributed by atoms with Gasteiger partial charge in [-0.2, -0.15) is 21.0 Å². The summed E-state index contributed by atoms with van der Waals surface area (Å²) in [5, 5.41) is 40.1. The van der Waals surface area contributed by atoms with E-state index in [4.69, 9.17) is 0 Å². The summed E-state index contributed by atoms with van der Waals surface area (Å²) in [6.45, 7) is 0. The Bertz CT molecular complexity index is 2350. The Morgan fingerprint density at radius 3 is 1.04 bits per heavy atom. The van der Waals surface area contributed by atoms with Crippen molar-refractivity contribution in [3.8, 4) is 36.1 Å².